The van der Waals surface area contributed by atoms with Gasteiger partial charge in [-0.2, -0.15) is 0 Å². The first kappa shape index (κ1) is 16.8. The first-order valence-electron chi connectivity index (χ1n) is 6.89. The monoisotopic (exact) mass is 245 g/mol. The van der Waals surface area contributed by atoms with Crippen molar-refractivity contribution in [3.63, 3.8) is 0 Å². The molecule has 0 saturated heterocycles. The molecule has 0 atom stereocenters. The van der Waals surface area contributed by atoms with Crippen molar-refractivity contribution in [3.05, 3.63) is 0 Å². The zero-order valence-corrected chi connectivity index (χ0v) is 11.6. The maximum Gasteiger partial charge on any atom is 0.00772 e. The van der Waals surface area contributed by atoms with Crippen LogP contribution in [0.15, 0.2) is 0 Å². The highest BCUT2D eigenvalue weighted by Crippen LogP contribution is 1.68. The van der Waals surface area contributed by atoms with Crippen molar-refractivity contribution in [2.24, 2.45) is 0 Å². The van der Waals surface area contributed by atoms with Crippen LogP contribution in [0.25, 0.3) is 0 Å². The minimum Gasteiger partial charge on any atom is -0.318 e. The zero-order valence-electron chi connectivity index (χ0n) is 11.6. The van der Waals surface area contributed by atoms with Crippen molar-refractivity contribution < 1.29 is 0 Å². The summed E-state index contributed by atoms with van der Waals surface area (Å²) < 4.78 is 0. The number of rotatable bonds is 14. The zero-order chi connectivity index (χ0) is 12.6. The summed E-state index contributed by atoms with van der Waals surface area (Å²) in [6.07, 6.45) is 1.21. The third kappa shape index (κ3) is 15.8. The molecule has 0 amide bonds. The van der Waals surface area contributed by atoms with Crippen molar-refractivity contribution in [1.29, 1.82) is 0 Å². The molecule has 0 aliphatic heterocycles. The van der Waals surface area contributed by atoms with E-state index >= 15 is 0 Å². The summed E-state index contributed by atoms with van der Waals surface area (Å²) in [5.41, 5.74) is 0. The van der Waals surface area contributed by atoms with Gasteiger partial charge in [0.05, 0.1) is 0 Å². The molecule has 0 rings (SSSR count). The van der Waals surface area contributed by atoms with E-state index in [1.165, 1.54) is 6.42 Å². The quantitative estimate of drug-likeness (QED) is 0.254. The first-order valence-corrected chi connectivity index (χ1v) is 6.89. The van der Waals surface area contributed by atoms with E-state index < -0.39 is 0 Å². The topological polar surface area (TPSA) is 60.1 Å². The lowest BCUT2D eigenvalue weighted by molar-refractivity contribution is 0.562. The molecule has 0 bridgehead atoms. The molecule has 17 heavy (non-hydrogen) atoms. The number of hydrogen-bond donors (Lipinski definition) is 5. The summed E-state index contributed by atoms with van der Waals surface area (Å²) in [4.78, 5) is 0. The van der Waals surface area contributed by atoms with Gasteiger partial charge in [0.15, 0.2) is 0 Å². The van der Waals surface area contributed by atoms with Gasteiger partial charge in [0.25, 0.3) is 0 Å². The Hall–Kier alpha value is -0.200. The summed E-state index contributed by atoms with van der Waals surface area (Å²) in [6.45, 7) is 11.7. The van der Waals surface area contributed by atoms with Crippen LogP contribution >= 0.6 is 0 Å². The lowest BCUT2D eigenvalue weighted by Crippen LogP contribution is -2.36. The minimum absolute atomic E-state index is 1.03. The van der Waals surface area contributed by atoms with Crippen molar-refractivity contribution in [2.45, 2.75) is 13.3 Å². The Labute approximate surface area is 107 Å². The molecule has 5 N–H and O–H groups in total. The van der Waals surface area contributed by atoms with Crippen molar-refractivity contribution in [1.82, 2.24) is 26.6 Å². The van der Waals surface area contributed by atoms with Crippen molar-refractivity contribution in [3.8, 4) is 0 Å². The van der Waals surface area contributed by atoms with Crippen LogP contribution in [0, 0.1) is 0 Å². The molecule has 0 unspecified atom stereocenters. The Kier molecular flexibility index (Phi) is 15.6. The molecule has 0 fully saturated rings. The fourth-order valence-electron chi connectivity index (χ4n) is 1.42. The third-order valence-corrected chi connectivity index (χ3v) is 2.41. The highest BCUT2D eigenvalue weighted by Gasteiger charge is 1.89. The van der Waals surface area contributed by atoms with Crippen LogP contribution in [0.5, 0.6) is 0 Å². The molecule has 0 aliphatic rings. The Morgan fingerprint density at radius 3 is 1.24 bits per heavy atom. The molecule has 0 aromatic heterocycles. The van der Waals surface area contributed by atoms with Gasteiger partial charge in [0.1, 0.15) is 0 Å². The first-order chi connectivity index (χ1) is 8.41. The summed E-state index contributed by atoms with van der Waals surface area (Å²) in [5, 5.41) is 16.6. The second-order valence-corrected chi connectivity index (χ2v) is 4.10. The average molecular weight is 245 g/mol. The van der Waals surface area contributed by atoms with Crippen LogP contribution in [0.2, 0.25) is 0 Å². The molecule has 104 valence electrons. The molecule has 0 aliphatic carbocycles. The van der Waals surface area contributed by atoms with Gasteiger partial charge < -0.3 is 26.6 Å². The van der Waals surface area contributed by atoms with E-state index in [1.807, 2.05) is 7.05 Å². The largest absolute Gasteiger partial charge is 0.318 e. The molecule has 0 saturated carbocycles. The summed E-state index contributed by atoms with van der Waals surface area (Å²) in [5.74, 6) is 0. The van der Waals surface area contributed by atoms with E-state index in [4.69, 9.17) is 0 Å². The molecule has 0 spiro atoms. The molecule has 0 heterocycles. The predicted molar refractivity (Wildman–Crippen MR) is 75.7 cm³/mol. The van der Waals surface area contributed by atoms with Gasteiger partial charge in [-0.3, -0.25) is 0 Å². The van der Waals surface area contributed by atoms with Crippen LogP contribution in [0.3, 0.4) is 0 Å². The molecule has 5 nitrogen and oxygen atoms in total. The molecule has 0 aromatic carbocycles. The van der Waals surface area contributed by atoms with Gasteiger partial charge in [-0.05, 0) is 20.0 Å². The van der Waals surface area contributed by atoms with Crippen molar-refractivity contribution in [2.75, 3.05) is 66.0 Å². The van der Waals surface area contributed by atoms with E-state index in [-0.39, 0.29) is 0 Å². The second kappa shape index (κ2) is 15.8. The molecular weight excluding hydrogens is 214 g/mol. The molecule has 0 radical (unpaired) electrons. The Morgan fingerprint density at radius 2 is 0.882 bits per heavy atom. The highest BCUT2D eigenvalue weighted by atomic mass is 15.0. The fourth-order valence-corrected chi connectivity index (χ4v) is 1.42. The predicted octanol–water partition coefficient (Wildman–Crippen LogP) is -1.03. The summed E-state index contributed by atoms with van der Waals surface area (Å²) in [6, 6.07) is 0. The highest BCUT2D eigenvalue weighted by molar-refractivity contribution is 4.56. The Balaban J connectivity index is 2.85. The maximum atomic E-state index is 3.40. The standard InChI is InChI=1S/C12H31N5/c1-3-4-14-7-8-16-11-12-17-10-9-15-6-5-13-2/h13-17H,3-12H2,1-2H3. The van der Waals surface area contributed by atoms with Crippen LogP contribution < -0.4 is 26.6 Å². The second-order valence-electron chi connectivity index (χ2n) is 4.10. The van der Waals surface area contributed by atoms with E-state index in [1.54, 1.807) is 0 Å². The van der Waals surface area contributed by atoms with Crippen LogP contribution in [0.4, 0.5) is 0 Å². The van der Waals surface area contributed by atoms with Gasteiger partial charge in [0, 0.05) is 52.4 Å². The molecule has 0 aromatic rings. The van der Waals surface area contributed by atoms with Crippen LogP contribution in [-0.2, 0) is 0 Å². The van der Waals surface area contributed by atoms with Gasteiger partial charge in [-0.1, -0.05) is 6.92 Å². The van der Waals surface area contributed by atoms with Gasteiger partial charge in [-0.25, -0.2) is 0 Å². The number of hydrogen-bond acceptors (Lipinski definition) is 5. The van der Waals surface area contributed by atoms with E-state index in [9.17, 15) is 0 Å². The SMILES string of the molecule is CCCNCCNCCNCCNCCNC. The summed E-state index contributed by atoms with van der Waals surface area (Å²) >= 11 is 0. The molecule has 5 heteroatoms. The molecular formula is C12H31N5. The van der Waals surface area contributed by atoms with Gasteiger partial charge in [-0.15, -0.1) is 0 Å². The average Bonchev–Trinajstić information content (AvgIpc) is 2.35. The summed E-state index contributed by atoms with van der Waals surface area (Å²) in [7, 11) is 1.97. The normalized spacial score (nSPS) is 10.9. The number of likely N-dealkylation sites (N-methyl/N-ethyl adjacent to an activating group) is 1. The van der Waals surface area contributed by atoms with Crippen molar-refractivity contribution >= 4 is 0 Å². The maximum absolute atomic E-state index is 3.40. The van der Waals surface area contributed by atoms with Gasteiger partial charge in [0.2, 0.25) is 0 Å². The lowest BCUT2D eigenvalue weighted by Gasteiger charge is -2.08. The smallest absolute Gasteiger partial charge is 0.00772 e. The van der Waals surface area contributed by atoms with Crippen LogP contribution in [0.1, 0.15) is 13.3 Å². The van der Waals surface area contributed by atoms with Crippen LogP contribution in [-0.4, -0.2) is 66.0 Å². The minimum atomic E-state index is 1.03. The van der Waals surface area contributed by atoms with E-state index in [0.29, 0.717) is 0 Å². The van der Waals surface area contributed by atoms with Gasteiger partial charge >= 0.3 is 0 Å². The fraction of sp³-hybridized carbons (Fsp3) is 1.00. The Bertz CT molecular complexity index is 118. The third-order valence-electron chi connectivity index (χ3n) is 2.41. The van der Waals surface area contributed by atoms with E-state index in [2.05, 4.69) is 33.5 Å². The lowest BCUT2D eigenvalue weighted by atomic mass is 10.4. The van der Waals surface area contributed by atoms with E-state index in [0.717, 1.165) is 58.9 Å². The Morgan fingerprint density at radius 1 is 0.529 bits per heavy atom. The number of nitrogens with one attached hydrogen (secondary N) is 5.